The van der Waals surface area contributed by atoms with Gasteiger partial charge >= 0.3 is 0 Å². The van der Waals surface area contributed by atoms with E-state index >= 15 is 0 Å². The zero-order chi connectivity index (χ0) is 46.4. The highest BCUT2D eigenvalue weighted by molar-refractivity contribution is 6.25. The van der Waals surface area contributed by atoms with Crippen LogP contribution in [0.2, 0.25) is 0 Å². The third kappa shape index (κ3) is 10.4. The number of fused-ring (bicyclic) bond motifs is 1. The van der Waals surface area contributed by atoms with E-state index in [1.165, 1.54) is 0 Å². The van der Waals surface area contributed by atoms with E-state index in [1.54, 1.807) is 30.5 Å². The van der Waals surface area contributed by atoms with E-state index in [0.29, 0.717) is 60.5 Å². The van der Waals surface area contributed by atoms with Gasteiger partial charge < -0.3 is 36.6 Å². The summed E-state index contributed by atoms with van der Waals surface area (Å²) >= 11 is 0. The Morgan fingerprint density at radius 1 is 0.923 bits per heavy atom. The van der Waals surface area contributed by atoms with Gasteiger partial charge in [0.05, 0.1) is 16.7 Å². The van der Waals surface area contributed by atoms with Gasteiger partial charge in [-0.15, -0.1) is 0 Å². The first-order valence-electron chi connectivity index (χ1n) is 21.9. The Morgan fingerprint density at radius 2 is 1.71 bits per heavy atom. The second-order valence-electron chi connectivity index (χ2n) is 16.8. The number of rotatable bonds is 17. The molecule has 18 nitrogen and oxygen atoms in total. The zero-order valence-electron chi connectivity index (χ0n) is 37.1. The highest BCUT2D eigenvalue weighted by Crippen LogP contribution is 2.33. The fourth-order valence-electron chi connectivity index (χ4n) is 8.45. The first-order chi connectivity index (χ1) is 31.2. The summed E-state index contributed by atoms with van der Waals surface area (Å²) in [6, 6.07) is 13.4. The molecule has 7 N–H and O–H groups in total. The predicted molar refractivity (Wildman–Crippen MR) is 247 cm³/mol. The van der Waals surface area contributed by atoms with Gasteiger partial charge in [0.15, 0.2) is 0 Å². The van der Waals surface area contributed by atoms with Crippen molar-refractivity contribution in [3.63, 3.8) is 0 Å². The van der Waals surface area contributed by atoms with Crippen LogP contribution in [0.5, 0.6) is 0 Å². The lowest BCUT2D eigenvalue weighted by Crippen LogP contribution is -2.54. The molecule has 1 unspecified atom stereocenters. The number of aromatic amines is 1. The SMILES string of the molecule is Cc1cc(C)c(CNC(=O)c2cc(-c3ccc(N4CCN(CCC(=O)NCCCNc5cccc6c5C(=O)N(C5CCC(=O)NC5=O)C6=O)CC4)nc3)cc(NC(C)C)c2C=N)c(=O)[nH]1. The molecule has 2 fully saturated rings. The molecule has 65 heavy (non-hydrogen) atoms. The number of hydrogen-bond acceptors (Lipinski definition) is 13. The highest BCUT2D eigenvalue weighted by atomic mass is 16.2. The largest absolute Gasteiger partial charge is 0.384 e. The summed E-state index contributed by atoms with van der Waals surface area (Å²) in [5, 5.41) is 22.8. The molecule has 340 valence electrons. The number of piperidine rings is 1. The van der Waals surface area contributed by atoms with Gasteiger partial charge in [0, 0.05) is 117 Å². The second-order valence-corrected chi connectivity index (χ2v) is 16.8. The molecule has 2 aromatic heterocycles. The molecule has 1 atom stereocenters. The minimum Gasteiger partial charge on any atom is -0.384 e. The topological polar surface area (TPSA) is 242 Å². The molecule has 0 aliphatic carbocycles. The Balaban J connectivity index is 0.868. The minimum atomic E-state index is -1.04. The molecule has 0 bridgehead atoms. The number of nitrogens with zero attached hydrogens (tertiary/aromatic N) is 4. The quantitative estimate of drug-likeness (QED) is 0.0459. The van der Waals surface area contributed by atoms with Crippen molar-refractivity contribution >= 4 is 58.9 Å². The van der Waals surface area contributed by atoms with Crippen molar-refractivity contribution in [2.45, 2.75) is 72.0 Å². The number of aromatic nitrogens is 2. The van der Waals surface area contributed by atoms with E-state index in [4.69, 9.17) is 10.4 Å². The molecule has 2 aromatic carbocycles. The van der Waals surface area contributed by atoms with Crippen molar-refractivity contribution in [2.75, 3.05) is 61.3 Å². The van der Waals surface area contributed by atoms with Gasteiger partial charge in [-0.3, -0.25) is 48.7 Å². The first-order valence-corrected chi connectivity index (χ1v) is 21.9. The van der Waals surface area contributed by atoms with Crippen molar-refractivity contribution in [3.8, 4) is 11.1 Å². The fraction of sp³-hybridized carbons (Fsp3) is 0.383. The van der Waals surface area contributed by atoms with E-state index < -0.39 is 35.6 Å². The van der Waals surface area contributed by atoms with Crippen LogP contribution in [0.4, 0.5) is 17.2 Å². The monoisotopic (exact) mass is 885 g/mol. The average molecular weight is 886 g/mol. The second kappa shape index (κ2) is 20.1. The van der Waals surface area contributed by atoms with Crippen LogP contribution < -0.4 is 37.0 Å². The normalized spacial score (nSPS) is 16.4. The van der Waals surface area contributed by atoms with Crippen LogP contribution in [0.15, 0.2) is 59.5 Å². The Bertz CT molecular complexity index is 2580. The number of anilines is 3. The number of H-pyrrole nitrogens is 1. The molecule has 0 radical (unpaired) electrons. The molecular formula is C47H55N11O7. The molecule has 2 saturated heterocycles. The van der Waals surface area contributed by atoms with E-state index in [-0.39, 0.29) is 48.0 Å². The van der Waals surface area contributed by atoms with Gasteiger partial charge in [0.25, 0.3) is 23.3 Å². The summed E-state index contributed by atoms with van der Waals surface area (Å²) in [5.74, 6) is -1.88. The third-order valence-corrected chi connectivity index (χ3v) is 11.8. The number of benzene rings is 2. The molecule has 6 amide bonds. The zero-order valence-corrected chi connectivity index (χ0v) is 37.1. The van der Waals surface area contributed by atoms with Crippen molar-refractivity contribution in [1.29, 1.82) is 5.41 Å². The molecule has 0 spiro atoms. The Morgan fingerprint density at radius 3 is 2.40 bits per heavy atom. The molecule has 18 heteroatoms. The van der Waals surface area contributed by atoms with Crippen LogP contribution >= 0.6 is 0 Å². The number of nitrogens with one attached hydrogen (secondary N) is 7. The fourth-order valence-corrected chi connectivity index (χ4v) is 8.45. The Kier molecular flexibility index (Phi) is 14.2. The van der Waals surface area contributed by atoms with Crippen molar-refractivity contribution < 1.29 is 28.8 Å². The summed E-state index contributed by atoms with van der Waals surface area (Å²) in [4.78, 5) is 102. The number of imide groups is 2. The van der Waals surface area contributed by atoms with E-state index in [1.807, 2.05) is 52.0 Å². The Labute approximate surface area is 376 Å². The number of hydrogen-bond donors (Lipinski definition) is 7. The first kappa shape index (κ1) is 45.8. The summed E-state index contributed by atoms with van der Waals surface area (Å²) in [5.41, 5.74) is 5.55. The number of carbonyl (C=O) groups is 6. The average Bonchev–Trinajstić information content (AvgIpc) is 3.53. The van der Waals surface area contributed by atoms with Crippen LogP contribution in [-0.4, -0.2) is 119 Å². The molecule has 0 saturated carbocycles. The maximum Gasteiger partial charge on any atom is 0.264 e. The lowest BCUT2D eigenvalue weighted by molar-refractivity contribution is -0.136. The molecule has 3 aliphatic rings. The maximum absolute atomic E-state index is 13.7. The van der Waals surface area contributed by atoms with Crippen molar-refractivity contribution in [3.05, 3.63) is 104 Å². The lowest BCUT2D eigenvalue weighted by Gasteiger charge is -2.35. The molecular weight excluding hydrogens is 831 g/mol. The van der Waals surface area contributed by atoms with Crippen LogP contribution in [0.3, 0.4) is 0 Å². The predicted octanol–water partition coefficient (Wildman–Crippen LogP) is 3.33. The summed E-state index contributed by atoms with van der Waals surface area (Å²) in [6.45, 7) is 12.1. The summed E-state index contributed by atoms with van der Waals surface area (Å²) < 4.78 is 0. The number of amides is 6. The highest BCUT2D eigenvalue weighted by Gasteiger charge is 2.45. The van der Waals surface area contributed by atoms with Gasteiger partial charge in [0.1, 0.15) is 11.9 Å². The number of carbonyl (C=O) groups excluding carboxylic acids is 6. The molecule has 7 rings (SSSR count). The molecule has 3 aliphatic heterocycles. The van der Waals surface area contributed by atoms with Crippen LogP contribution in [0, 0.1) is 19.3 Å². The smallest absolute Gasteiger partial charge is 0.264 e. The standard InChI is InChI=1S/C47H55N11O7/c1-27(2)53-37-23-31(22-33(34(37)24-48)43(61)52-26-35-28(3)21-29(4)54-44(35)62)30-9-11-39(51-25-30)57-19-17-56(18-20-57)16-13-40(59)50-15-6-14-49-36-8-5-7-32-42(36)47(65)58(46(32)64)38-10-12-41(60)55-45(38)63/h5,7-9,11,21-25,27,38,48-49,53H,6,10,12-20,26H2,1-4H3,(H,50,59)(H,52,61)(H,54,62)(H,55,60,63). The maximum atomic E-state index is 13.7. The van der Waals surface area contributed by atoms with Gasteiger partial charge in [-0.1, -0.05) is 6.07 Å². The molecule has 4 aromatic rings. The Hall–Kier alpha value is -7.21. The lowest BCUT2D eigenvalue weighted by atomic mass is 9.97. The van der Waals surface area contributed by atoms with Gasteiger partial charge in [-0.25, -0.2) is 4.98 Å². The third-order valence-electron chi connectivity index (χ3n) is 11.8. The summed E-state index contributed by atoms with van der Waals surface area (Å²) in [7, 11) is 0. The number of aryl methyl sites for hydroxylation is 2. The van der Waals surface area contributed by atoms with Crippen molar-refractivity contribution in [2.24, 2.45) is 0 Å². The number of pyridine rings is 2. The van der Waals surface area contributed by atoms with Crippen molar-refractivity contribution in [1.82, 2.24) is 35.7 Å². The van der Waals surface area contributed by atoms with Crippen LogP contribution in [-0.2, 0) is 20.9 Å². The summed E-state index contributed by atoms with van der Waals surface area (Å²) in [6.07, 6.45) is 3.98. The van der Waals surface area contributed by atoms with Gasteiger partial charge in [-0.2, -0.15) is 0 Å². The number of piperazine rings is 1. The minimum absolute atomic E-state index is 0.0346. The van der Waals surface area contributed by atoms with Crippen LogP contribution in [0.25, 0.3) is 11.1 Å². The van der Waals surface area contributed by atoms with E-state index in [9.17, 15) is 33.6 Å². The van der Waals surface area contributed by atoms with Gasteiger partial charge in [-0.05, 0) is 94.1 Å². The van der Waals surface area contributed by atoms with E-state index in [0.717, 1.165) is 65.5 Å². The van der Waals surface area contributed by atoms with E-state index in [2.05, 4.69) is 41.4 Å². The van der Waals surface area contributed by atoms with Crippen LogP contribution in [0.1, 0.15) is 93.0 Å². The molecule has 5 heterocycles. The van der Waals surface area contributed by atoms with Gasteiger partial charge in [0.2, 0.25) is 17.7 Å².